The molecule has 1 N–H and O–H groups in total. The van der Waals surface area contributed by atoms with Crippen LogP contribution in [0.4, 0.5) is 5.69 Å². The number of nitrogens with zero attached hydrogens (tertiary/aromatic N) is 3. The smallest absolute Gasteiger partial charge is 0.242 e. The highest BCUT2D eigenvalue weighted by Crippen LogP contribution is 2.19. The lowest BCUT2D eigenvalue weighted by atomic mass is 10.2. The molecule has 3 rings (SSSR count). The number of piperazine rings is 1. The summed E-state index contributed by atoms with van der Waals surface area (Å²) < 4.78 is 25.8. The average molecular weight is 419 g/mol. The molecule has 8 heteroatoms. The summed E-state index contributed by atoms with van der Waals surface area (Å²) in [5.74, 6) is 0. The van der Waals surface area contributed by atoms with Crippen molar-refractivity contribution in [3.8, 4) is 0 Å². The lowest BCUT2D eigenvalue weighted by Crippen LogP contribution is -2.49. The number of anilines is 1. The molecule has 0 amide bonds. The highest BCUT2D eigenvalue weighted by Gasteiger charge is 2.20. The van der Waals surface area contributed by atoms with Gasteiger partial charge in [-0.1, -0.05) is 36.4 Å². The van der Waals surface area contributed by atoms with Crippen LogP contribution in [0.3, 0.4) is 0 Å². The molecule has 0 radical (unpaired) electrons. The minimum atomic E-state index is -3.47. The van der Waals surface area contributed by atoms with E-state index in [1.807, 2.05) is 12.1 Å². The number of hydrogen-bond donors (Lipinski definition) is 1. The van der Waals surface area contributed by atoms with Crippen LogP contribution in [0.1, 0.15) is 5.56 Å². The van der Waals surface area contributed by atoms with Crippen LogP contribution >= 0.6 is 12.2 Å². The standard InChI is InChI=1S/C20H26N4O2S2/c1-22(2)28(25,26)19-10-6-9-18(15-19)21-20(27)24-13-11-23(12-14-24)16-17-7-4-3-5-8-17/h3-10,15H,11-14,16H2,1-2H3,(H,21,27). The second-order valence-electron chi connectivity index (χ2n) is 6.99. The molecule has 0 aromatic heterocycles. The zero-order chi connectivity index (χ0) is 20.1. The first-order valence-corrected chi connectivity index (χ1v) is 11.1. The zero-order valence-electron chi connectivity index (χ0n) is 16.2. The fourth-order valence-electron chi connectivity index (χ4n) is 3.10. The quantitative estimate of drug-likeness (QED) is 0.753. The SMILES string of the molecule is CN(C)S(=O)(=O)c1cccc(NC(=S)N2CCN(Cc3ccccc3)CC2)c1. The van der Waals surface area contributed by atoms with Crippen molar-refractivity contribution in [2.45, 2.75) is 11.4 Å². The van der Waals surface area contributed by atoms with Crippen LogP contribution in [0.15, 0.2) is 59.5 Å². The number of rotatable bonds is 5. The molecule has 28 heavy (non-hydrogen) atoms. The molecule has 1 saturated heterocycles. The summed E-state index contributed by atoms with van der Waals surface area (Å²) in [5, 5.41) is 3.81. The summed E-state index contributed by atoms with van der Waals surface area (Å²) in [4.78, 5) is 4.79. The molecule has 0 bridgehead atoms. The fraction of sp³-hybridized carbons (Fsp3) is 0.350. The van der Waals surface area contributed by atoms with Gasteiger partial charge in [-0.05, 0) is 36.0 Å². The first-order chi connectivity index (χ1) is 13.4. The zero-order valence-corrected chi connectivity index (χ0v) is 17.8. The summed E-state index contributed by atoms with van der Waals surface area (Å²) in [5.41, 5.74) is 2.00. The molecule has 2 aromatic rings. The van der Waals surface area contributed by atoms with Gasteiger partial charge in [-0.25, -0.2) is 12.7 Å². The lowest BCUT2D eigenvalue weighted by Gasteiger charge is -2.36. The van der Waals surface area contributed by atoms with Crippen LogP contribution in [0.5, 0.6) is 0 Å². The van der Waals surface area contributed by atoms with Crippen molar-refractivity contribution in [2.24, 2.45) is 0 Å². The second kappa shape index (κ2) is 9.00. The molecule has 0 saturated carbocycles. The van der Waals surface area contributed by atoms with Crippen LogP contribution < -0.4 is 5.32 Å². The van der Waals surface area contributed by atoms with Gasteiger partial charge in [-0.2, -0.15) is 0 Å². The van der Waals surface area contributed by atoms with Gasteiger partial charge in [-0.15, -0.1) is 0 Å². The summed E-state index contributed by atoms with van der Waals surface area (Å²) in [6.07, 6.45) is 0. The van der Waals surface area contributed by atoms with E-state index in [1.54, 1.807) is 18.2 Å². The molecule has 0 atom stereocenters. The Labute approximate surface area is 172 Å². The highest BCUT2D eigenvalue weighted by atomic mass is 32.2. The van der Waals surface area contributed by atoms with Gasteiger partial charge in [0.1, 0.15) is 0 Å². The molecule has 0 spiro atoms. The van der Waals surface area contributed by atoms with E-state index >= 15 is 0 Å². The van der Waals surface area contributed by atoms with E-state index < -0.39 is 10.0 Å². The first-order valence-electron chi connectivity index (χ1n) is 9.21. The van der Waals surface area contributed by atoms with Crippen LogP contribution in [0.2, 0.25) is 0 Å². The number of hydrogen-bond acceptors (Lipinski definition) is 4. The molecule has 2 aromatic carbocycles. The summed E-state index contributed by atoms with van der Waals surface area (Å²) in [7, 11) is -0.422. The topological polar surface area (TPSA) is 55.9 Å². The molecule has 1 aliphatic heterocycles. The van der Waals surface area contributed by atoms with E-state index in [0.717, 1.165) is 32.7 Å². The monoisotopic (exact) mass is 418 g/mol. The van der Waals surface area contributed by atoms with Crippen LogP contribution in [-0.2, 0) is 16.6 Å². The van der Waals surface area contributed by atoms with Crippen molar-refractivity contribution in [2.75, 3.05) is 45.6 Å². The van der Waals surface area contributed by atoms with Crippen molar-refractivity contribution in [1.29, 1.82) is 0 Å². The van der Waals surface area contributed by atoms with Gasteiger partial charge < -0.3 is 10.2 Å². The Balaban J connectivity index is 1.56. The Morgan fingerprint density at radius 2 is 1.71 bits per heavy atom. The fourth-order valence-corrected chi connectivity index (χ4v) is 4.35. The predicted octanol–water partition coefficient (Wildman–Crippen LogP) is 2.45. The van der Waals surface area contributed by atoms with Gasteiger partial charge in [-0.3, -0.25) is 4.90 Å². The molecule has 1 heterocycles. The third kappa shape index (κ3) is 5.08. The summed E-state index contributed by atoms with van der Waals surface area (Å²) >= 11 is 5.55. The lowest BCUT2D eigenvalue weighted by molar-refractivity contribution is 0.177. The normalized spacial score (nSPS) is 15.6. The average Bonchev–Trinajstić information content (AvgIpc) is 2.69. The molecular weight excluding hydrogens is 392 g/mol. The van der Waals surface area contributed by atoms with E-state index in [-0.39, 0.29) is 4.90 Å². The Hall–Kier alpha value is -2.00. The van der Waals surface area contributed by atoms with Gasteiger partial charge in [0.25, 0.3) is 0 Å². The maximum absolute atomic E-state index is 12.3. The highest BCUT2D eigenvalue weighted by molar-refractivity contribution is 7.89. The minimum Gasteiger partial charge on any atom is -0.346 e. The van der Waals surface area contributed by atoms with Crippen LogP contribution in [0, 0.1) is 0 Å². The van der Waals surface area contributed by atoms with Gasteiger partial charge in [0, 0.05) is 52.5 Å². The van der Waals surface area contributed by atoms with Crippen molar-refractivity contribution >= 4 is 33.0 Å². The molecule has 6 nitrogen and oxygen atoms in total. The Morgan fingerprint density at radius 3 is 2.36 bits per heavy atom. The third-order valence-corrected chi connectivity index (χ3v) is 6.94. The number of benzene rings is 2. The molecule has 1 fully saturated rings. The van der Waals surface area contributed by atoms with Crippen LogP contribution in [-0.4, -0.2) is 67.9 Å². The Bertz CT molecular complexity index is 909. The van der Waals surface area contributed by atoms with Gasteiger partial charge in [0.05, 0.1) is 4.90 Å². The Morgan fingerprint density at radius 1 is 1.04 bits per heavy atom. The van der Waals surface area contributed by atoms with Crippen molar-refractivity contribution < 1.29 is 8.42 Å². The third-order valence-electron chi connectivity index (χ3n) is 4.77. The largest absolute Gasteiger partial charge is 0.346 e. The van der Waals surface area contributed by atoms with Gasteiger partial charge in [0.2, 0.25) is 10.0 Å². The summed E-state index contributed by atoms with van der Waals surface area (Å²) in [6.45, 7) is 4.50. The first kappa shape index (κ1) is 20.7. The Kier molecular flexibility index (Phi) is 6.66. The maximum Gasteiger partial charge on any atom is 0.242 e. The number of thiocarbonyl (C=S) groups is 1. The maximum atomic E-state index is 12.3. The van der Waals surface area contributed by atoms with Crippen molar-refractivity contribution in [3.63, 3.8) is 0 Å². The van der Waals surface area contributed by atoms with E-state index in [4.69, 9.17) is 12.2 Å². The van der Waals surface area contributed by atoms with E-state index in [9.17, 15) is 8.42 Å². The van der Waals surface area contributed by atoms with Gasteiger partial charge >= 0.3 is 0 Å². The van der Waals surface area contributed by atoms with Crippen LogP contribution in [0.25, 0.3) is 0 Å². The van der Waals surface area contributed by atoms with Crippen molar-refractivity contribution in [1.82, 2.24) is 14.1 Å². The second-order valence-corrected chi connectivity index (χ2v) is 9.53. The van der Waals surface area contributed by atoms with E-state index in [2.05, 4.69) is 39.4 Å². The summed E-state index contributed by atoms with van der Waals surface area (Å²) in [6, 6.07) is 17.2. The predicted molar refractivity (Wildman–Crippen MR) is 117 cm³/mol. The van der Waals surface area contributed by atoms with E-state index in [1.165, 1.54) is 24.0 Å². The molecule has 0 aliphatic carbocycles. The van der Waals surface area contributed by atoms with E-state index in [0.29, 0.717) is 10.8 Å². The molecule has 1 aliphatic rings. The van der Waals surface area contributed by atoms with Crippen molar-refractivity contribution in [3.05, 3.63) is 60.2 Å². The van der Waals surface area contributed by atoms with Gasteiger partial charge in [0.15, 0.2) is 5.11 Å². The minimum absolute atomic E-state index is 0.248. The number of sulfonamides is 1. The molecule has 0 unspecified atom stereocenters. The number of nitrogens with one attached hydrogen (secondary N) is 1. The molecule has 150 valence electrons. The molecular formula is C20H26N4O2S2.